The summed E-state index contributed by atoms with van der Waals surface area (Å²) in [5.41, 5.74) is 7.15. The molecule has 2 aromatic heterocycles. The molecule has 0 saturated heterocycles. The highest BCUT2D eigenvalue weighted by Crippen LogP contribution is 2.40. The third-order valence-electron chi connectivity index (χ3n) is 2.92. The molecule has 6 nitrogen and oxygen atoms in total. The number of halogens is 1. The highest BCUT2D eigenvalue weighted by molar-refractivity contribution is 6.31. The SMILES string of the molecule is COc1ccc(Cl)cc1-c1c(N)noc1-c1ncccn1. The first-order chi connectivity index (χ1) is 10.2. The molecule has 106 valence electrons. The Morgan fingerprint density at radius 3 is 2.71 bits per heavy atom. The van der Waals surface area contributed by atoms with E-state index in [4.69, 9.17) is 26.6 Å². The third kappa shape index (κ3) is 2.41. The van der Waals surface area contributed by atoms with Crippen LogP contribution in [0.3, 0.4) is 0 Å². The fraction of sp³-hybridized carbons (Fsp3) is 0.0714. The molecule has 2 heterocycles. The van der Waals surface area contributed by atoms with Gasteiger partial charge in [0.2, 0.25) is 5.76 Å². The number of nitrogens with two attached hydrogens (primary N) is 1. The molecule has 0 aliphatic carbocycles. The van der Waals surface area contributed by atoms with Gasteiger partial charge in [0, 0.05) is 23.0 Å². The second-order valence-corrected chi connectivity index (χ2v) is 4.63. The highest BCUT2D eigenvalue weighted by Gasteiger charge is 2.22. The number of aromatic nitrogens is 3. The maximum absolute atomic E-state index is 6.06. The van der Waals surface area contributed by atoms with Gasteiger partial charge in [0.1, 0.15) is 5.75 Å². The van der Waals surface area contributed by atoms with Crippen molar-refractivity contribution in [3.8, 4) is 28.5 Å². The zero-order valence-corrected chi connectivity index (χ0v) is 11.8. The summed E-state index contributed by atoms with van der Waals surface area (Å²) in [5.74, 6) is 1.58. The van der Waals surface area contributed by atoms with Crippen LogP contribution < -0.4 is 10.5 Å². The van der Waals surface area contributed by atoms with Gasteiger partial charge in [0.05, 0.1) is 12.7 Å². The Morgan fingerprint density at radius 1 is 1.24 bits per heavy atom. The van der Waals surface area contributed by atoms with E-state index in [-0.39, 0.29) is 5.82 Å². The number of anilines is 1. The molecule has 2 N–H and O–H groups in total. The first kappa shape index (κ1) is 13.4. The molecule has 0 unspecified atom stereocenters. The third-order valence-corrected chi connectivity index (χ3v) is 3.15. The Balaban J connectivity index is 2.24. The van der Waals surface area contributed by atoms with E-state index in [1.807, 2.05) is 0 Å². The molecule has 7 heteroatoms. The number of rotatable bonds is 3. The van der Waals surface area contributed by atoms with Crippen LogP contribution in [0.2, 0.25) is 5.02 Å². The van der Waals surface area contributed by atoms with Gasteiger partial charge in [0.25, 0.3) is 0 Å². The second-order valence-electron chi connectivity index (χ2n) is 4.19. The molecule has 1 aromatic carbocycles. The van der Waals surface area contributed by atoms with Crippen LogP contribution in [0.5, 0.6) is 5.75 Å². The summed E-state index contributed by atoms with van der Waals surface area (Å²) in [4.78, 5) is 8.30. The summed E-state index contributed by atoms with van der Waals surface area (Å²) in [6, 6.07) is 6.92. The normalized spacial score (nSPS) is 10.6. The Morgan fingerprint density at radius 2 is 2.00 bits per heavy atom. The smallest absolute Gasteiger partial charge is 0.214 e. The van der Waals surface area contributed by atoms with Crippen molar-refractivity contribution in [2.75, 3.05) is 12.8 Å². The van der Waals surface area contributed by atoms with Crippen LogP contribution in [0, 0.1) is 0 Å². The minimum absolute atomic E-state index is 0.220. The lowest BCUT2D eigenvalue weighted by Gasteiger charge is -2.08. The average Bonchev–Trinajstić information content (AvgIpc) is 2.89. The highest BCUT2D eigenvalue weighted by atomic mass is 35.5. The van der Waals surface area contributed by atoms with E-state index >= 15 is 0 Å². The maximum atomic E-state index is 6.06. The molecule has 0 spiro atoms. The van der Waals surface area contributed by atoms with Crippen LogP contribution >= 0.6 is 11.6 Å². The lowest BCUT2D eigenvalue weighted by atomic mass is 10.0. The molecule has 0 aliphatic heterocycles. The lowest BCUT2D eigenvalue weighted by Crippen LogP contribution is -1.94. The Hall–Kier alpha value is -2.60. The van der Waals surface area contributed by atoms with E-state index < -0.39 is 0 Å². The number of ether oxygens (including phenoxy) is 1. The number of hydrogen-bond donors (Lipinski definition) is 1. The molecule has 0 saturated carbocycles. The molecular formula is C14H11ClN4O2. The van der Waals surface area contributed by atoms with Crippen molar-refractivity contribution in [2.24, 2.45) is 0 Å². The monoisotopic (exact) mass is 302 g/mol. The van der Waals surface area contributed by atoms with Crippen molar-refractivity contribution in [1.29, 1.82) is 0 Å². The molecular weight excluding hydrogens is 292 g/mol. The van der Waals surface area contributed by atoms with Gasteiger partial charge in [-0.25, -0.2) is 9.97 Å². The van der Waals surface area contributed by atoms with Crippen molar-refractivity contribution in [3.63, 3.8) is 0 Å². The molecule has 21 heavy (non-hydrogen) atoms. The molecule has 3 rings (SSSR count). The van der Waals surface area contributed by atoms with Crippen LogP contribution in [0.15, 0.2) is 41.2 Å². The van der Waals surface area contributed by atoms with E-state index in [2.05, 4.69) is 15.1 Å². The molecule has 0 amide bonds. The van der Waals surface area contributed by atoms with E-state index in [0.29, 0.717) is 33.5 Å². The minimum Gasteiger partial charge on any atom is -0.496 e. The molecule has 0 aliphatic rings. The summed E-state index contributed by atoms with van der Waals surface area (Å²) in [5, 5.41) is 4.35. The molecule has 0 fully saturated rings. The van der Waals surface area contributed by atoms with Crippen molar-refractivity contribution in [1.82, 2.24) is 15.1 Å². The number of nitrogen functional groups attached to an aromatic ring is 1. The Labute approximate surface area is 125 Å². The van der Waals surface area contributed by atoms with Gasteiger partial charge < -0.3 is 15.0 Å². The Bertz CT molecular complexity index is 774. The number of benzene rings is 1. The predicted octanol–water partition coefficient (Wildman–Crippen LogP) is 3.04. The zero-order chi connectivity index (χ0) is 14.8. The van der Waals surface area contributed by atoms with Crippen LogP contribution in [-0.2, 0) is 0 Å². The molecule has 0 atom stereocenters. The summed E-state index contributed by atoms with van der Waals surface area (Å²) in [7, 11) is 1.56. The van der Waals surface area contributed by atoms with E-state index in [0.717, 1.165) is 0 Å². The van der Waals surface area contributed by atoms with Crippen molar-refractivity contribution in [3.05, 3.63) is 41.7 Å². The largest absolute Gasteiger partial charge is 0.496 e. The fourth-order valence-electron chi connectivity index (χ4n) is 2.01. The van der Waals surface area contributed by atoms with E-state index in [1.165, 1.54) is 0 Å². The van der Waals surface area contributed by atoms with Gasteiger partial charge in [-0.1, -0.05) is 16.8 Å². The van der Waals surface area contributed by atoms with Gasteiger partial charge in [-0.05, 0) is 24.3 Å². The van der Waals surface area contributed by atoms with Gasteiger partial charge in [-0.2, -0.15) is 0 Å². The summed E-state index contributed by atoms with van der Waals surface area (Å²) < 4.78 is 10.6. The number of nitrogens with zero attached hydrogens (tertiary/aromatic N) is 3. The number of methoxy groups -OCH3 is 1. The predicted molar refractivity (Wildman–Crippen MR) is 78.9 cm³/mol. The standard InChI is InChI=1S/C14H11ClN4O2/c1-20-10-4-3-8(15)7-9(10)11-12(21-19-13(11)16)14-17-5-2-6-18-14/h2-7H,1H3,(H2,16,19). The zero-order valence-electron chi connectivity index (χ0n) is 11.1. The second kappa shape index (κ2) is 5.41. The van der Waals surface area contributed by atoms with Gasteiger partial charge in [-0.15, -0.1) is 0 Å². The topological polar surface area (TPSA) is 87.1 Å². The number of hydrogen-bond acceptors (Lipinski definition) is 6. The maximum Gasteiger partial charge on any atom is 0.214 e. The summed E-state index contributed by atoms with van der Waals surface area (Å²) in [6.07, 6.45) is 3.22. The summed E-state index contributed by atoms with van der Waals surface area (Å²) >= 11 is 6.06. The van der Waals surface area contributed by atoms with Gasteiger partial charge in [0.15, 0.2) is 11.6 Å². The van der Waals surface area contributed by atoms with Crippen LogP contribution in [0.1, 0.15) is 0 Å². The fourth-order valence-corrected chi connectivity index (χ4v) is 2.18. The lowest BCUT2D eigenvalue weighted by molar-refractivity contribution is 0.416. The molecule has 3 aromatic rings. The van der Waals surface area contributed by atoms with E-state index in [9.17, 15) is 0 Å². The summed E-state index contributed by atoms with van der Waals surface area (Å²) in [6.45, 7) is 0. The van der Waals surface area contributed by atoms with E-state index in [1.54, 1.807) is 43.8 Å². The average molecular weight is 303 g/mol. The van der Waals surface area contributed by atoms with Crippen LogP contribution in [-0.4, -0.2) is 22.2 Å². The van der Waals surface area contributed by atoms with Crippen molar-refractivity contribution < 1.29 is 9.26 Å². The van der Waals surface area contributed by atoms with Crippen molar-refractivity contribution >= 4 is 17.4 Å². The van der Waals surface area contributed by atoms with Crippen LogP contribution in [0.25, 0.3) is 22.7 Å². The first-order valence-corrected chi connectivity index (χ1v) is 6.45. The quantitative estimate of drug-likeness (QED) is 0.800. The first-order valence-electron chi connectivity index (χ1n) is 6.07. The van der Waals surface area contributed by atoms with Crippen LogP contribution in [0.4, 0.5) is 5.82 Å². The Kier molecular flexibility index (Phi) is 3.45. The van der Waals surface area contributed by atoms with Gasteiger partial charge >= 0.3 is 0 Å². The molecule has 0 bridgehead atoms. The van der Waals surface area contributed by atoms with Gasteiger partial charge in [-0.3, -0.25) is 0 Å². The molecule has 0 radical (unpaired) electrons. The van der Waals surface area contributed by atoms with Crippen molar-refractivity contribution in [2.45, 2.75) is 0 Å². The minimum atomic E-state index is 0.220.